The van der Waals surface area contributed by atoms with E-state index in [0.717, 1.165) is 38.3 Å². The lowest BCUT2D eigenvalue weighted by atomic mass is 9.44. The molecule has 2 bridgehead atoms. The van der Waals surface area contributed by atoms with Gasteiger partial charge in [0.25, 0.3) is 5.91 Å². The zero-order chi connectivity index (χ0) is 21.4. The summed E-state index contributed by atoms with van der Waals surface area (Å²) >= 11 is 5.64. The largest absolute Gasteiger partial charge is 0.484 e. The maximum absolute atomic E-state index is 13.4. The zero-order valence-corrected chi connectivity index (χ0v) is 17.7. The molecule has 1 heterocycles. The van der Waals surface area contributed by atoms with Crippen molar-refractivity contribution in [2.24, 2.45) is 5.92 Å². The molecule has 0 radical (unpaired) electrons. The number of nitrogens with one attached hydrogen (secondary N) is 3. The van der Waals surface area contributed by atoms with E-state index in [4.69, 9.17) is 21.1 Å². The zero-order valence-electron chi connectivity index (χ0n) is 16.9. The summed E-state index contributed by atoms with van der Waals surface area (Å²) in [5.41, 5.74) is -0.141. The van der Waals surface area contributed by atoms with E-state index in [1.165, 1.54) is 12.1 Å². The van der Waals surface area contributed by atoms with Crippen LogP contribution < -0.4 is 20.7 Å². The average Bonchev–Trinajstić information content (AvgIpc) is 2.67. The molecule has 1 aromatic rings. The van der Waals surface area contributed by atoms with E-state index in [1.807, 2.05) is 6.92 Å². The van der Waals surface area contributed by atoms with Gasteiger partial charge in [-0.05, 0) is 44.7 Å². The Hall–Kier alpha value is -1.90. The van der Waals surface area contributed by atoms with Gasteiger partial charge < -0.3 is 25.4 Å². The summed E-state index contributed by atoms with van der Waals surface area (Å²) in [6.45, 7) is 3.52. The Morgan fingerprint density at radius 3 is 2.73 bits per heavy atom. The highest BCUT2D eigenvalue weighted by Crippen LogP contribution is 2.60. The van der Waals surface area contributed by atoms with Crippen LogP contribution in [0, 0.1) is 11.7 Å². The standard InChI is InChI=1S/C21H27ClFN3O4/c1-2-29-19(28)13-5-14(8-24-7-13)25-20-10-21(11-20,12-20)26-18(27)9-30-15-3-4-16(22)17(23)6-15/h3-4,6,13-14,24-25H,2,5,7-12H2,1H3,(H,26,27). The van der Waals surface area contributed by atoms with E-state index in [9.17, 15) is 14.0 Å². The summed E-state index contributed by atoms with van der Waals surface area (Å²) in [5, 5.41) is 10.1. The lowest BCUT2D eigenvalue weighted by molar-refractivity contribution is -0.152. The fourth-order valence-corrected chi connectivity index (χ4v) is 5.16. The van der Waals surface area contributed by atoms with Gasteiger partial charge >= 0.3 is 5.97 Å². The van der Waals surface area contributed by atoms with Crippen molar-refractivity contribution < 1.29 is 23.5 Å². The van der Waals surface area contributed by atoms with Crippen molar-refractivity contribution in [1.82, 2.24) is 16.0 Å². The molecule has 2 unspecified atom stereocenters. The van der Waals surface area contributed by atoms with Crippen molar-refractivity contribution in [3.8, 4) is 5.75 Å². The number of rotatable bonds is 8. The summed E-state index contributed by atoms with van der Waals surface area (Å²) in [7, 11) is 0. The van der Waals surface area contributed by atoms with Gasteiger partial charge in [0, 0.05) is 36.3 Å². The number of hydrogen-bond donors (Lipinski definition) is 3. The van der Waals surface area contributed by atoms with Crippen molar-refractivity contribution in [3.05, 3.63) is 29.0 Å². The van der Waals surface area contributed by atoms with Gasteiger partial charge in [-0.3, -0.25) is 9.59 Å². The molecule has 30 heavy (non-hydrogen) atoms. The second kappa shape index (κ2) is 8.32. The molecule has 0 aromatic heterocycles. The minimum atomic E-state index is -0.579. The number of amides is 1. The Balaban J connectivity index is 1.19. The van der Waals surface area contributed by atoms with Gasteiger partial charge in [0.1, 0.15) is 11.6 Å². The lowest BCUT2D eigenvalue weighted by Gasteiger charge is -2.71. The first kappa shape index (κ1) is 21.3. The van der Waals surface area contributed by atoms with Gasteiger partial charge in [-0.15, -0.1) is 0 Å². The van der Waals surface area contributed by atoms with Crippen LogP contribution in [0.15, 0.2) is 18.2 Å². The van der Waals surface area contributed by atoms with Gasteiger partial charge in [-0.2, -0.15) is 0 Å². The molecule has 7 nitrogen and oxygen atoms in total. The van der Waals surface area contributed by atoms with E-state index in [2.05, 4.69) is 16.0 Å². The maximum Gasteiger partial charge on any atom is 0.310 e. The Morgan fingerprint density at radius 2 is 2.03 bits per heavy atom. The number of carbonyl (C=O) groups excluding carboxylic acids is 2. The lowest BCUT2D eigenvalue weighted by Crippen LogP contribution is -2.84. The van der Waals surface area contributed by atoms with E-state index in [0.29, 0.717) is 13.2 Å². The Labute approximate surface area is 180 Å². The number of ether oxygens (including phenoxy) is 2. The molecule has 2 atom stereocenters. The first-order valence-corrected chi connectivity index (χ1v) is 10.7. The molecular weight excluding hydrogens is 413 g/mol. The van der Waals surface area contributed by atoms with Crippen LogP contribution in [0.4, 0.5) is 4.39 Å². The third kappa shape index (κ3) is 4.40. The number of esters is 1. The Bertz CT molecular complexity index is 817. The summed E-state index contributed by atoms with van der Waals surface area (Å²) in [5.74, 6) is -0.793. The molecule has 9 heteroatoms. The third-order valence-corrected chi connectivity index (χ3v) is 6.48. The van der Waals surface area contributed by atoms with Crippen LogP contribution in [0.1, 0.15) is 32.6 Å². The van der Waals surface area contributed by atoms with Crippen LogP contribution >= 0.6 is 11.6 Å². The van der Waals surface area contributed by atoms with Gasteiger partial charge in [-0.1, -0.05) is 11.6 Å². The molecule has 3 aliphatic carbocycles. The Morgan fingerprint density at radius 1 is 1.27 bits per heavy atom. The number of hydrogen-bond acceptors (Lipinski definition) is 6. The molecule has 1 amide bonds. The van der Waals surface area contributed by atoms with E-state index in [1.54, 1.807) is 0 Å². The van der Waals surface area contributed by atoms with Crippen LogP contribution in [0.25, 0.3) is 0 Å². The van der Waals surface area contributed by atoms with Crippen molar-refractivity contribution in [2.45, 2.75) is 49.7 Å². The molecule has 1 aromatic carbocycles. The molecule has 4 fully saturated rings. The van der Waals surface area contributed by atoms with Crippen molar-refractivity contribution in [2.75, 3.05) is 26.3 Å². The van der Waals surface area contributed by atoms with Gasteiger partial charge in [0.2, 0.25) is 0 Å². The fraction of sp³-hybridized carbons (Fsp3) is 0.619. The van der Waals surface area contributed by atoms with Crippen LogP contribution in [0.3, 0.4) is 0 Å². The minimum Gasteiger partial charge on any atom is -0.484 e. The highest BCUT2D eigenvalue weighted by Gasteiger charge is 2.68. The van der Waals surface area contributed by atoms with Crippen LogP contribution in [0.2, 0.25) is 5.02 Å². The monoisotopic (exact) mass is 439 g/mol. The molecule has 3 saturated carbocycles. The Kier molecular flexibility index (Phi) is 5.92. The minimum absolute atomic E-state index is 0.0141. The molecule has 164 valence electrons. The van der Waals surface area contributed by atoms with E-state index in [-0.39, 0.29) is 52.3 Å². The summed E-state index contributed by atoms with van der Waals surface area (Å²) in [6.07, 6.45) is 3.35. The molecule has 4 aliphatic rings. The summed E-state index contributed by atoms with van der Waals surface area (Å²) < 4.78 is 23.9. The quantitative estimate of drug-likeness (QED) is 0.535. The SMILES string of the molecule is CCOC(=O)C1CNCC(NC23CC(NC(=O)COc4ccc(Cl)c(F)c4)(C2)C3)C1. The second-order valence-electron chi connectivity index (χ2n) is 8.69. The molecule has 3 N–H and O–H groups in total. The highest BCUT2D eigenvalue weighted by molar-refractivity contribution is 6.30. The smallest absolute Gasteiger partial charge is 0.310 e. The predicted octanol–water partition coefficient (Wildman–Crippen LogP) is 1.78. The average molecular weight is 440 g/mol. The molecule has 1 saturated heterocycles. The number of piperidine rings is 1. The highest BCUT2D eigenvalue weighted by atomic mass is 35.5. The molecule has 1 aliphatic heterocycles. The first-order valence-electron chi connectivity index (χ1n) is 10.4. The van der Waals surface area contributed by atoms with Gasteiger partial charge in [-0.25, -0.2) is 4.39 Å². The van der Waals surface area contributed by atoms with Crippen molar-refractivity contribution >= 4 is 23.5 Å². The summed E-state index contributed by atoms with van der Waals surface area (Å²) in [4.78, 5) is 24.2. The molecule has 0 spiro atoms. The van der Waals surface area contributed by atoms with Gasteiger partial charge in [0.15, 0.2) is 6.61 Å². The number of halogens is 2. The fourth-order valence-electron chi connectivity index (χ4n) is 5.05. The van der Waals surface area contributed by atoms with Crippen LogP contribution in [-0.2, 0) is 14.3 Å². The summed E-state index contributed by atoms with van der Waals surface area (Å²) in [6, 6.07) is 4.30. The number of benzene rings is 1. The second-order valence-corrected chi connectivity index (χ2v) is 9.10. The topological polar surface area (TPSA) is 88.7 Å². The number of carbonyl (C=O) groups is 2. The van der Waals surface area contributed by atoms with Gasteiger partial charge in [0.05, 0.1) is 17.5 Å². The maximum atomic E-state index is 13.4. The third-order valence-electron chi connectivity index (χ3n) is 6.18. The van der Waals surface area contributed by atoms with E-state index < -0.39 is 5.82 Å². The van der Waals surface area contributed by atoms with Crippen LogP contribution in [0.5, 0.6) is 5.75 Å². The molecular formula is C21H27ClFN3O4. The van der Waals surface area contributed by atoms with E-state index >= 15 is 0 Å². The van der Waals surface area contributed by atoms with Crippen LogP contribution in [-0.4, -0.2) is 55.3 Å². The first-order chi connectivity index (χ1) is 14.3. The van der Waals surface area contributed by atoms with Crippen molar-refractivity contribution in [1.29, 1.82) is 0 Å². The van der Waals surface area contributed by atoms with Crippen molar-refractivity contribution in [3.63, 3.8) is 0 Å². The normalized spacial score (nSPS) is 31.8. The predicted molar refractivity (Wildman–Crippen MR) is 109 cm³/mol. The molecule has 5 rings (SSSR count).